The van der Waals surface area contributed by atoms with E-state index in [1.165, 1.54) is 0 Å². The van der Waals surface area contributed by atoms with Crippen molar-refractivity contribution in [2.24, 2.45) is 0 Å². The molecular weight excluding hydrogens is 262 g/mol. The van der Waals surface area contributed by atoms with Crippen molar-refractivity contribution in [1.82, 2.24) is 25.1 Å². The molecular formula is C13H14ClN5. The molecule has 0 aliphatic heterocycles. The minimum absolute atomic E-state index is 0. The molecule has 0 fully saturated rings. The lowest BCUT2D eigenvalue weighted by atomic mass is 10.2. The van der Waals surface area contributed by atoms with Gasteiger partial charge in [-0.1, -0.05) is 12.1 Å². The van der Waals surface area contributed by atoms with E-state index in [1.807, 2.05) is 42.1 Å². The summed E-state index contributed by atoms with van der Waals surface area (Å²) in [4.78, 5) is 8.58. The fourth-order valence-electron chi connectivity index (χ4n) is 1.95. The number of hydrogen-bond donors (Lipinski definition) is 1. The van der Waals surface area contributed by atoms with Crippen LogP contribution < -0.4 is 5.32 Å². The Morgan fingerprint density at radius 3 is 2.95 bits per heavy atom. The van der Waals surface area contributed by atoms with E-state index < -0.39 is 0 Å². The molecule has 6 heteroatoms. The van der Waals surface area contributed by atoms with Gasteiger partial charge in [0.05, 0.1) is 17.7 Å². The second kappa shape index (κ2) is 5.77. The summed E-state index contributed by atoms with van der Waals surface area (Å²) in [5.74, 6) is 0.882. The van der Waals surface area contributed by atoms with Gasteiger partial charge in [0.15, 0.2) is 0 Å². The smallest absolute Gasteiger partial charge is 0.146 e. The molecule has 0 spiro atoms. The van der Waals surface area contributed by atoms with Gasteiger partial charge in [-0.2, -0.15) is 5.10 Å². The second-order valence-corrected chi connectivity index (χ2v) is 4.00. The van der Waals surface area contributed by atoms with Gasteiger partial charge in [0.2, 0.25) is 0 Å². The normalized spacial score (nSPS) is 10.4. The van der Waals surface area contributed by atoms with Crippen molar-refractivity contribution in [2.75, 3.05) is 7.05 Å². The van der Waals surface area contributed by atoms with Crippen LogP contribution in [0.2, 0.25) is 0 Å². The van der Waals surface area contributed by atoms with Crippen molar-refractivity contribution in [3.05, 3.63) is 48.7 Å². The standard InChI is InChI=1S/C13H13N5.ClH/c1-14-8-13-16-9-17-18(13)11-5-4-10-3-2-6-15-12(10)7-11;/h2-7,9,14H,8H2,1H3;1H. The molecule has 0 bridgehead atoms. The Hall–Kier alpha value is -1.98. The number of benzene rings is 1. The third-order valence-electron chi connectivity index (χ3n) is 2.79. The predicted octanol–water partition coefficient (Wildman–Crippen LogP) is 1.96. The maximum absolute atomic E-state index is 4.35. The summed E-state index contributed by atoms with van der Waals surface area (Å²) >= 11 is 0. The quantitative estimate of drug-likeness (QED) is 0.794. The number of hydrogen-bond acceptors (Lipinski definition) is 4. The zero-order valence-electron chi connectivity index (χ0n) is 10.4. The van der Waals surface area contributed by atoms with Gasteiger partial charge in [-0.15, -0.1) is 12.4 Å². The highest BCUT2D eigenvalue weighted by Gasteiger charge is 2.06. The van der Waals surface area contributed by atoms with Crippen molar-refractivity contribution < 1.29 is 0 Å². The molecule has 0 aliphatic carbocycles. The molecule has 0 aliphatic rings. The van der Waals surface area contributed by atoms with Crippen LogP contribution in [0.3, 0.4) is 0 Å². The molecule has 0 saturated heterocycles. The van der Waals surface area contributed by atoms with Crippen LogP contribution >= 0.6 is 12.4 Å². The largest absolute Gasteiger partial charge is 0.313 e. The predicted molar refractivity (Wildman–Crippen MR) is 76.7 cm³/mol. The highest BCUT2D eigenvalue weighted by atomic mass is 35.5. The third kappa shape index (κ3) is 2.57. The maximum Gasteiger partial charge on any atom is 0.146 e. The fraction of sp³-hybridized carbons (Fsp3) is 0.154. The van der Waals surface area contributed by atoms with Crippen LogP contribution in [0.1, 0.15) is 5.82 Å². The average Bonchev–Trinajstić information content (AvgIpc) is 2.87. The fourth-order valence-corrected chi connectivity index (χ4v) is 1.95. The molecule has 3 rings (SSSR count). The van der Waals surface area contributed by atoms with Crippen LogP contribution in [-0.2, 0) is 6.54 Å². The molecule has 0 amide bonds. The molecule has 98 valence electrons. The Bertz CT molecular complexity index is 679. The van der Waals surface area contributed by atoms with E-state index in [1.54, 1.807) is 12.5 Å². The Balaban J connectivity index is 0.00000133. The summed E-state index contributed by atoms with van der Waals surface area (Å²) < 4.78 is 1.82. The number of nitrogens with zero attached hydrogens (tertiary/aromatic N) is 4. The maximum atomic E-state index is 4.35. The van der Waals surface area contributed by atoms with E-state index in [2.05, 4.69) is 20.4 Å². The highest BCUT2D eigenvalue weighted by molar-refractivity contribution is 5.85. The van der Waals surface area contributed by atoms with Crippen LogP contribution in [0.25, 0.3) is 16.6 Å². The van der Waals surface area contributed by atoms with Gasteiger partial charge in [-0.25, -0.2) is 9.67 Å². The lowest BCUT2D eigenvalue weighted by molar-refractivity contribution is 0.712. The summed E-state index contributed by atoms with van der Waals surface area (Å²) in [6.07, 6.45) is 3.36. The van der Waals surface area contributed by atoms with Crippen molar-refractivity contribution >= 4 is 23.3 Å². The highest BCUT2D eigenvalue weighted by Crippen LogP contribution is 2.16. The first-order valence-electron chi connectivity index (χ1n) is 5.77. The van der Waals surface area contributed by atoms with Gasteiger partial charge in [0, 0.05) is 11.6 Å². The van der Waals surface area contributed by atoms with Gasteiger partial charge in [0.25, 0.3) is 0 Å². The first-order valence-corrected chi connectivity index (χ1v) is 5.77. The molecule has 2 heterocycles. The van der Waals surface area contributed by atoms with E-state index in [-0.39, 0.29) is 12.4 Å². The zero-order chi connectivity index (χ0) is 12.4. The van der Waals surface area contributed by atoms with Crippen LogP contribution in [0.5, 0.6) is 0 Å². The Kier molecular flexibility index (Phi) is 4.09. The lowest BCUT2D eigenvalue weighted by Gasteiger charge is -2.06. The van der Waals surface area contributed by atoms with E-state index in [0.29, 0.717) is 6.54 Å². The number of pyridine rings is 1. The molecule has 0 unspecified atom stereocenters. The summed E-state index contributed by atoms with van der Waals surface area (Å²) in [6.45, 7) is 0.681. The lowest BCUT2D eigenvalue weighted by Crippen LogP contribution is -2.12. The van der Waals surface area contributed by atoms with Gasteiger partial charge in [0.1, 0.15) is 12.2 Å². The van der Waals surface area contributed by atoms with Gasteiger partial charge < -0.3 is 5.32 Å². The van der Waals surface area contributed by atoms with E-state index >= 15 is 0 Å². The first kappa shape index (κ1) is 13.5. The third-order valence-corrected chi connectivity index (χ3v) is 2.79. The Labute approximate surface area is 117 Å². The van der Waals surface area contributed by atoms with Crippen LogP contribution in [0.4, 0.5) is 0 Å². The molecule has 0 radical (unpaired) electrons. The Morgan fingerprint density at radius 1 is 1.21 bits per heavy atom. The minimum Gasteiger partial charge on any atom is -0.313 e. The molecule has 1 N–H and O–H groups in total. The summed E-state index contributed by atoms with van der Waals surface area (Å²) in [5, 5.41) is 8.45. The molecule has 5 nitrogen and oxygen atoms in total. The number of aromatic nitrogens is 4. The molecule has 19 heavy (non-hydrogen) atoms. The van der Waals surface area contributed by atoms with Gasteiger partial charge in [-0.05, 0) is 25.2 Å². The number of fused-ring (bicyclic) bond motifs is 1. The molecule has 0 atom stereocenters. The van der Waals surface area contributed by atoms with Crippen molar-refractivity contribution in [3.8, 4) is 5.69 Å². The molecule has 2 aromatic heterocycles. The topological polar surface area (TPSA) is 55.6 Å². The monoisotopic (exact) mass is 275 g/mol. The Morgan fingerprint density at radius 2 is 2.11 bits per heavy atom. The van der Waals surface area contributed by atoms with Gasteiger partial charge in [-0.3, -0.25) is 4.98 Å². The van der Waals surface area contributed by atoms with E-state index in [4.69, 9.17) is 0 Å². The van der Waals surface area contributed by atoms with E-state index in [9.17, 15) is 0 Å². The SMILES string of the molecule is CNCc1ncnn1-c1ccc2cccnc2c1.Cl. The van der Waals surface area contributed by atoms with Crippen molar-refractivity contribution in [3.63, 3.8) is 0 Å². The van der Waals surface area contributed by atoms with Crippen LogP contribution in [0.15, 0.2) is 42.9 Å². The zero-order valence-corrected chi connectivity index (χ0v) is 11.3. The minimum atomic E-state index is 0. The van der Waals surface area contributed by atoms with Crippen molar-refractivity contribution in [1.29, 1.82) is 0 Å². The van der Waals surface area contributed by atoms with Crippen molar-refractivity contribution in [2.45, 2.75) is 6.54 Å². The van der Waals surface area contributed by atoms with Gasteiger partial charge >= 0.3 is 0 Å². The average molecular weight is 276 g/mol. The van der Waals surface area contributed by atoms with Crippen LogP contribution in [-0.4, -0.2) is 26.8 Å². The molecule has 3 aromatic rings. The van der Waals surface area contributed by atoms with Crippen LogP contribution in [0, 0.1) is 0 Å². The summed E-state index contributed by atoms with van der Waals surface area (Å²) in [6, 6.07) is 10.1. The second-order valence-electron chi connectivity index (χ2n) is 4.00. The molecule has 0 saturated carbocycles. The van der Waals surface area contributed by atoms with E-state index in [0.717, 1.165) is 22.4 Å². The number of halogens is 1. The number of nitrogens with one attached hydrogen (secondary N) is 1. The first-order chi connectivity index (χ1) is 8.88. The summed E-state index contributed by atoms with van der Waals surface area (Å²) in [5.41, 5.74) is 1.94. The molecule has 1 aromatic carbocycles. The number of rotatable bonds is 3. The summed E-state index contributed by atoms with van der Waals surface area (Å²) in [7, 11) is 1.89.